The van der Waals surface area contributed by atoms with Crippen molar-refractivity contribution in [3.05, 3.63) is 47.9 Å². The zero-order valence-electron chi connectivity index (χ0n) is 10.8. The van der Waals surface area contributed by atoms with Crippen molar-refractivity contribution in [2.24, 2.45) is 0 Å². The summed E-state index contributed by atoms with van der Waals surface area (Å²) in [6.07, 6.45) is 0. The lowest BCUT2D eigenvalue weighted by atomic mass is 10.0. The summed E-state index contributed by atoms with van der Waals surface area (Å²) < 4.78 is 1.95. The van der Waals surface area contributed by atoms with Gasteiger partial charge in [0.1, 0.15) is 5.69 Å². The molecule has 3 rings (SSSR count). The minimum Gasteiger partial charge on any atom is -0.267 e. The number of nitrogens with zero attached hydrogens (tertiary/aromatic N) is 1. The molecule has 2 aromatic heterocycles. The highest BCUT2D eigenvalue weighted by atomic mass is 79.9. The van der Waals surface area contributed by atoms with Crippen molar-refractivity contribution in [3.63, 3.8) is 0 Å². The van der Waals surface area contributed by atoms with Crippen molar-refractivity contribution >= 4 is 54.0 Å². The fourth-order valence-electron chi connectivity index (χ4n) is 2.27. The third-order valence-electron chi connectivity index (χ3n) is 3.26. The largest absolute Gasteiger partial charge is 0.272 e. The molecule has 20 heavy (non-hydrogen) atoms. The average molecular weight is 414 g/mol. The maximum atomic E-state index is 12.1. The molecule has 1 aromatic carbocycles. The summed E-state index contributed by atoms with van der Waals surface area (Å²) in [7, 11) is 0. The smallest absolute Gasteiger partial charge is 0.267 e. The lowest BCUT2D eigenvalue weighted by Gasteiger charge is -2.09. The summed E-state index contributed by atoms with van der Waals surface area (Å²) in [5.41, 5.74) is 2.68. The molecule has 0 unspecified atom stereocenters. The van der Waals surface area contributed by atoms with Crippen molar-refractivity contribution in [1.82, 2.24) is 10.2 Å². The van der Waals surface area contributed by atoms with Crippen molar-refractivity contribution in [3.8, 4) is 10.6 Å². The Morgan fingerprint density at radius 2 is 1.80 bits per heavy atom. The van der Waals surface area contributed by atoms with Crippen LogP contribution in [-0.4, -0.2) is 10.2 Å². The average Bonchev–Trinajstić information content (AvgIpc) is 2.75. The highest BCUT2D eigenvalue weighted by Gasteiger charge is 2.17. The van der Waals surface area contributed by atoms with E-state index < -0.39 is 0 Å². The minimum absolute atomic E-state index is 0.142. The molecule has 0 spiro atoms. The second-order valence-corrected chi connectivity index (χ2v) is 7.10. The van der Waals surface area contributed by atoms with Gasteiger partial charge in [0, 0.05) is 15.2 Å². The van der Waals surface area contributed by atoms with Crippen LogP contribution >= 0.6 is 43.2 Å². The number of halogens is 2. The summed E-state index contributed by atoms with van der Waals surface area (Å²) in [5, 5.41) is 10.5. The number of fused-ring (bicyclic) bond motifs is 1. The topological polar surface area (TPSA) is 45.8 Å². The van der Waals surface area contributed by atoms with Gasteiger partial charge in [-0.2, -0.15) is 5.10 Å². The molecular formula is C14H10Br2N2OS. The van der Waals surface area contributed by atoms with E-state index in [1.165, 1.54) is 0 Å². The third kappa shape index (κ3) is 2.06. The van der Waals surface area contributed by atoms with E-state index in [4.69, 9.17) is 0 Å². The van der Waals surface area contributed by atoms with Gasteiger partial charge in [-0.3, -0.25) is 4.79 Å². The predicted molar refractivity (Wildman–Crippen MR) is 90.6 cm³/mol. The predicted octanol–water partition coefficient (Wildman–Crippen LogP) is 4.79. The van der Waals surface area contributed by atoms with Crippen molar-refractivity contribution < 1.29 is 0 Å². The Hall–Kier alpha value is -0.980. The molecule has 0 aliphatic rings. The molecule has 0 aliphatic heterocycles. The molecule has 102 valence electrons. The molecule has 0 atom stereocenters. The van der Waals surface area contributed by atoms with Gasteiger partial charge in [-0.25, -0.2) is 5.10 Å². The molecule has 0 saturated carbocycles. The van der Waals surface area contributed by atoms with Crippen molar-refractivity contribution in [1.29, 1.82) is 0 Å². The number of aryl methyl sites for hydroxylation is 2. The van der Waals surface area contributed by atoms with Gasteiger partial charge in [-0.15, -0.1) is 11.3 Å². The Labute approximate surface area is 136 Å². The number of aromatic nitrogens is 2. The molecule has 3 aromatic rings. The minimum atomic E-state index is -0.142. The molecular weight excluding hydrogens is 404 g/mol. The Bertz CT molecular complexity index is 883. The van der Waals surface area contributed by atoms with E-state index in [1.54, 1.807) is 11.3 Å². The van der Waals surface area contributed by atoms with E-state index in [1.807, 2.05) is 31.4 Å². The van der Waals surface area contributed by atoms with Gasteiger partial charge in [0.2, 0.25) is 0 Å². The highest BCUT2D eigenvalue weighted by Crippen LogP contribution is 2.41. The first-order valence-corrected chi connectivity index (χ1v) is 8.38. The summed E-state index contributed by atoms with van der Waals surface area (Å²) in [6.45, 7) is 3.95. The number of rotatable bonds is 1. The first-order valence-electron chi connectivity index (χ1n) is 5.92. The second kappa shape index (κ2) is 5.09. The molecule has 0 bridgehead atoms. The number of aromatic amines is 1. The van der Waals surface area contributed by atoms with Crippen LogP contribution in [0.15, 0.2) is 31.3 Å². The van der Waals surface area contributed by atoms with Gasteiger partial charge in [-0.1, -0.05) is 12.1 Å². The van der Waals surface area contributed by atoms with Gasteiger partial charge >= 0.3 is 0 Å². The van der Waals surface area contributed by atoms with Crippen LogP contribution in [0.25, 0.3) is 21.3 Å². The zero-order valence-corrected chi connectivity index (χ0v) is 14.7. The Kier molecular flexibility index (Phi) is 3.56. The van der Waals surface area contributed by atoms with Crippen molar-refractivity contribution in [2.45, 2.75) is 13.8 Å². The summed E-state index contributed by atoms with van der Waals surface area (Å²) in [4.78, 5) is 13.1. The zero-order chi connectivity index (χ0) is 14.4. The molecule has 1 N–H and O–H groups in total. The van der Waals surface area contributed by atoms with Crippen LogP contribution in [0, 0.1) is 13.8 Å². The van der Waals surface area contributed by atoms with Gasteiger partial charge in [0.15, 0.2) is 0 Å². The van der Waals surface area contributed by atoms with Crippen LogP contribution in [0.2, 0.25) is 0 Å². The SMILES string of the molecule is Cc1ccc(C)c2c(=O)[nH]nc(-c3scc(Br)c3Br)c12. The van der Waals surface area contributed by atoms with Crippen molar-refractivity contribution in [2.75, 3.05) is 0 Å². The number of hydrogen-bond donors (Lipinski definition) is 1. The van der Waals surface area contributed by atoms with E-state index in [2.05, 4.69) is 42.1 Å². The number of nitrogens with one attached hydrogen (secondary N) is 1. The number of thiophene rings is 1. The van der Waals surface area contributed by atoms with Crippen LogP contribution < -0.4 is 5.56 Å². The first-order chi connectivity index (χ1) is 9.50. The van der Waals surface area contributed by atoms with Gasteiger partial charge in [0.05, 0.1) is 14.7 Å². The molecule has 3 nitrogen and oxygen atoms in total. The number of benzene rings is 1. The molecule has 0 fully saturated rings. The maximum absolute atomic E-state index is 12.1. The van der Waals surface area contributed by atoms with E-state index in [9.17, 15) is 4.79 Å². The van der Waals surface area contributed by atoms with Crippen LogP contribution in [0.4, 0.5) is 0 Å². The summed E-state index contributed by atoms with van der Waals surface area (Å²) in [6, 6.07) is 3.99. The monoisotopic (exact) mass is 412 g/mol. The first kappa shape index (κ1) is 14.0. The molecule has 0 aliphatic carbocycles. The van der Waals surface area contributed by atoms with Crippen LogP contribution in [0.5, 0.6) is 0 Å². The standard InChI is InChI=1S/C14H10Br2N2OS/c1-6-3-4-7(2)10-9(6)12(17-18-14(10)19)13-11(16)8(15)5-20-13/h3-5H,1-2H3,(H,18,19). The fraction of sp³-hybridized carbons (Fsp3) is 0.143. The van der Waals surface area contributed by atoms with Crippen LogP contribution in [-0.2, 0) is 0 Å². The highest BCUT2D eigenvalue weighted by molar-refractivity contribution is 9.13. The Morgan fingerprint density at radius 3 is 2.40 bits per heavy atom. The van der Waals surface area contributed by atoms with E-state index in [-0.39, 0.29) is 5.56 Å². The maximum Gasteiger partial charge on any atom is 0.272 e. The van der Waals surface area contributed by atoms with Crippen LogP contribution in [0.1, 0.15) is 11.1 Å². The molecule has 6 heteroatoms. The number of H-pyrrole nitrogens is 1. The quantitative estimate of drug-likeness (QED) is 0.623. The van der Waals surface area contributed by atoms with E-state index in [0.717, 1.165) is 36.0 Å². The lowest BCUT2D eigenvalue weighted by Crippen LogP contribution is -2.11. The van der Waals surface area contributed by atoms with E-state index in [0.29, 0.717) is 5.39 Å². The molecule has 2 heterocycles. The molecule has 0 radical (unpaired) electrons. The fourth-order valence-corrected chi connectivity index (χ4v) is 4.43. The lowest BCUT2D eigenvalue weighted by molar-refractivity contribution is 1.02. The van der Waals surface area contributed by atoms with Gasteiger partial charge < -0.3 is 0 Å². The van der Waals surface area contributed by atoms with E-state index >= 15 is 0 Å². The third-order valence-corrected chi connectivity index (χ3v) is 6.79. The van der Waals surface area contributed by atoms with Gasteiger partial charge in [-0.05, 0) is 56.8 Å². The van der Waals surface area contributed by atoms with Crippen LogP contribution in [0.3, 0.4) is 0 Å². The molecule has 0 amide bonds. The Morgan fingerprint density at radius 1 is 1.15 bits per heavy atom. The van der Waals surface area contributed by atoms with Gasteiger partial charge in [0.25, 0.3) is 5.56 Å². The number of hydrogen-bond acceptors (Lipinski definition) is 3. The normalized spacial score (nSPS) is 11.2. The summed E-state index contributed by atoms with van der Waals surface area (Å²) in [5.74, 6) is 0. The Balaban J connectivity index is 2.50. The molecule has 0 saturated heterocycles. The second-order valence-electron chi connectivity index (χ2n) is 4.58. The summed E-state index contributed by atoms with van der Waals surface area (Å²) >= 11 is 8.64.